The quantitative estimate of drug-likeness (QED) is 0.574. The van der Waals surface area contributed by atoms with Crippen molar-refractivity contribution in [2.45, 2.75) is 45.2 Å². The topological polar surface area (TPSA) is 83.1 Å². The zero-order valence-electron chi connectivity index (χ0n) is 17.2. The van der Waals surface area contributed by atoms with Gasteiger partial charge in [-0.15, -0.1) is 0 Å². The molecule has 0 spiro atoms. The number of nitrogens with zero attached hydrogens (tertiary/aromatic N) is 1. The number of pyridine rings is 1. The third kappa shape index (κ3) is 5.36. The van der Waals surface area contributed by atoms with Crippen molar-refractivity contribution < 1.29 is 27.2 Å². The van der Waals surface area contributed by atoms with Crippen molar-refractivity contribution in [2.75, 3.05) is 0 Å². The van der Waals surface area contributed by atoms with Crippen LogP contribution in [-0.2, 0) is 22.3 Å². The van der Waals surface area contributed by atoms with Crippen LogP contribution in [0.1, 0.15) is 54.9 Å². The van der Waals surface area contributed by atoms with Gasteiger partial charge in [0.1, 0.15) is 12.0 Å². The number of halogens is 5. The summed E-state index contributed by atoms with van der Waals surface area (Å²) < 4.78 is 53.0. The molecule has 0 radical (unpaired) electrons. The molecule has 3 rings (SSSR count). The standard InChI is InChI=1S/C21H21ClF4N4O2/c1-10(2)20(32)28-8-11-3-5-13(23)17(18(11)22)19-29-15(7-16(31)30-19)14-6-4-12(9-27-14)21(24,25)26/h3-6,9-10,15,19,29H,7-8H2,1-2H3,(H,28,32)(H,30,31). The highest BCUT2D eigenvalue weighted by molar-refractivity contribution is 6.32. The van der Waals surface area contributed by atoms with Gasteiger partial charge >= 0.3 is 6.18 Å². The molecule has 32 heavy (non-hydrogen) atoms. The molecule has 6 nitrogen and oxygen atoms in total. The number of benzene rings is 1. The highest BCUT2D eigenvalue weighted by atomic mass is 35.5. The number of rotatable bonds is 5. The number of aromatic nitrogens is 1. The SMILES string of the molecule is CC(C)C(=O)NCc1ccc(F)c(C2NC(=O)CC(c3ccc(C(F)(F)F)cn3)N2)c1Cl. The Morgan fingerprint density at radius 3 is 2.59 bits per heavy atom. The van der Waals surface area contributed by atoms with Crippen molar-refractivity contribution in [2.24, 2.45) is 5.92 Å². The van der Waals surface area contributed by atoms with Crippen LogP contribution in [0.5, 0.6) is 0 Å². The number of carbonyl (C=O) groups excluding carboxylic acids is 2. The first-order chi connectivity index (χ1) is 15.0. The third-order valence-corrected chi connectivity index (χ3v) is 5.45. The van der Waals surface area contributed by atoms with Crippen molar-refractivity contribution in [3.8, 4) is 0 Å². The molecule has 1 aliphatic heterocycles. The van der Waals surface area contributed by atoms with Crippen LogP contribution in [0.15, 0.2) is 30.5 Å². The minimum Gasteiger partial charge on any atom is -0.352 e. The average Bonchev–Trinajstić information content (AvgIpc) is 2.72. The number of hydrogen-bond acceptors (Lipinski definition) is 4. The minimum absolute atomic E-state index is 0.0212. The molecule has 2 unspecified atom stereocenters. The number of hydrogen-bond donors (Lipinski definition) is 3. The van der Waals surface area contributed by atoms with E-state index in [9.17, 15) is 27.2 Å². The molecule has 1 aromatic heterocycles. The summed E-state index contributed by atoms with van der Waals surface area (Å²) in [5.74, 6) is -1.59. The molecule has 11 heteroatoms. The minimum atomic E-state index is -4.53. The molecule has 2 amide bonds. The Kier molecular flexibility index (Phi) is 7.04. The van der Waals surface area contributed by atoms with Crippen molar-refractivity contribution in [1.29, 1.82) is 0 Å². The van der Waals surface area contributed by atoms with Crippen molar-refractivity contribution in [1.82, 2.24) is 20.9 Å². The average molecular weight is 473 g/mol. The van der Waals surface area contributed by atoms with E-state index in [4.69, 9.17) is 11.6 Å². The molecule has 2 atom stereocenters. The first-order valence-corrected chi connectivity index (χ1v) is 10.2. The van der Waals surface area contributed by atoms with Gasteiger partial charge in [0.25, 0.3) is 0 Å². The second-order valence-corrected chi connectivity index (χ2v) is 8.08. The number of amides is 2. The van der Waals surface area contributed by atoms with Gasteiger partial charge in [-0.05, 0) is 23.8 Å². The van der Waals surface area contributed by atoms with Crippen LogP contribution >= 0.6 is 11.6 Å². The summed E-state index contributed by atoms with van der Waals surface area (Å²) in [4.78, 5) is 27.9. The number of nitrogens with one attached hydrogen (secondary N) is 3. The Hall–Kier alpha value is -2.72. The maximum atomic E-state index is 14.7. The van der Waals surface area contributed by atoms with Crippen LogP contribution < -0.4 is 16.0 Å². The molecule has 3 N–H and O–H groups in total. The molecule has 1 saturated heterocycles. The summed E-state index contributed by atoms with van der Waals surface area (Å²) in [6.07, 6.45) is -4.99. The van der Waals surface area contributed by atoms with Crippen molar-refractivity contribution in [3.63, 3.8) is 0 Å². The molecule has 172 valence electrons. The van der Waals surface area contributed by atoms with E-state index in [1.165, 1.54) is 18.2 Å². The highest BCUT2D eigenvalue weighted by Gasteiger charge is 2.34. The lowest BCUT2D eigenvalue weighted by Gasteiger charge is -2.32. The van der Waals surface area contributed by atoms with Gasteiger partial charge in [0.05, 0.1) is 22.3 Å². The monoisotopic (exact) mass is 472 g/mol. The van der Waals surface area contributed by atoms with E-state index < -0.39 is 35.7 Å². The van der Waals surface area contributed by atoms with Crippen LogP contribution in [0.3, 0.4) is 0 Å². The molecular weight excluding hydrogens is 452 g/mol. The molecule has 0 bridgehead atoms. The van der Waals surface area contributed by atoms with E-state index in [-0.39, 0.29) is 41.1 Å². The number of alkyl halides is 3. The zero-order chi connectivity index (χ0) is 23.6. The second-order valence-electron chi connectivity index (χ2n) is 7.70. The van der Waals surface area contributed by atoms with Crippen LogP contribution in [0.4, 0.5) is 17.6 Å². The lowest BCUT2D eigenvalue weighted by molar-refractivity contribution is -0.138. The van der Waals surface area contributed by atoms with E-state index >= 15 is 0 Å². The fourth-order valence-corrected chi connectivity index (χ4v) is 3.56. The molecule has 2 heterocycles. The van der Waals surface area contributed by atoms with Gasteiger partial charge in [-0.2, -0.15) is 13.2 Å². The Balaban J connectivity index is 1.85. The predicted molar refractivity (Wildman–Crippen MR) is 109 cm³/mol. The fraction of sp³-hybridized carbons (Fsp3) is 0.381. The van der Waals surface area contributed by atoms with Gasteiger partial charge in [-0.1, -0.05) is 31.5 Å². The summed E-state index contributed by atoms with van der Waals surface area (Å²) in [5, 5.41) is 8.28. The molecule has 2 aromatic rings. The van der Waals surface area contributed by atoms with E-state index in [0.717, 1.165) is 6.07 Å². The maximum Gasteiger partial charge on any atom is 0.417 e. The molecule has 1 aliphatic rings. The van der Waals surface area contributed by atoms with Crippen LogP contribution in [0.25, 0.3) is 0 Å². The van der Waals surface area contributed by atoms with Crippen molar-refractivity contribution in [3.05, 3.63) is 63.7 Å². The normalized spacial score (nSPS) is 19.1. The lowest BCUT2D eigenvalue weighted by atomic mass is 10.0. The summed E-state index contributed by atoms with van der Waals surface area (Å²) in [5.41, 5.74) is -0.297. The van der Waals surface area contributed by atoms with Gasteiger partial charge in [0.15, 0.2) is 0 Å². The van der Waals surface area contributed by atoms with Gasteiger partial charge < -0.3 is 10.6 Å². The first-order valence-electron chi connectivity index (χ1n) is 9.80. The zero-order valence-corrected chi connectivity index (χ0v) is 17.9. The van der Waals surface area contributed by atoms with Gasteiger partial charge in [0, 0.05) is 30.6 Å². The molecule has 0 saturated carbocycles. The molecule has 1 aromatic carbocycles. The Morgan fingerprint density at radius 1 is 1.28 bits per heavy atom. The first kappa shape index (κ1) is 23.9. The summed E-state index contributed by atoms with van der Waals surface area (Å²) in [7, 11) is 0. The van der Waals surface area contributed by atoms with E-state index in [1.54, 1.807) is 13.8 Å². The third-order valence-electron chi connectivity index (χ3n) is 5.01. The second kappa shape index (κ2) is 9.41. The van der Waals surface area contributed by atoms with Crippen LogP contribution in [0.2, 0.25) is 5.02 Å². The molecular formula is C21H21ClF4N4O2. The Morgan fingerprint density at radius 2 is 2.00 bits per heavy atom. The predicted octanol–water partition coefficient (Wildman–Crippen LogP) is 4.01. The molecule has 0 aliphatic carbocycles. The lowest BCUT2D eigenvalue weighted by Crippen LogP contribution is -2.47. The van der Waals surface area contributed by atoms with Gasteiger partial charge in [-0.3, -0.25) is 19.9 Å². The highest BCUT2D eigenvalue weighted by Crippen LogP contribution is 2.33. The largest absolute Gasteiger partial charge is 0.417 e. The van der Waals surface area contributed by atoms with Crippen molar-refractivity contribution >= 4 is 23.4 Å². The summed E-state index contributed by atoms with van der Waals surface area (Å²) in [6.45, 7) is 3.52. The maximum absolute atomic E-state index is 14.7. The van der Waals surface area contributed by atoms with Crippen LogP contribution in [-0.4, -0.2) is 16.8 Å². The van der Waals surface area contributed by atoms with Gasteiger partial charge in [0.2, 0.25) is 11.8 Å². The van der Waals surface area contributed by atoms with Gasteiger partial charge in [-0.25, -0.2) is 4.39 Å². The van der Waals surface area contributed by atoms with E-state index in [2.05, 4.69) is 20.9 Å². The fourth-order valence-electron chi connectivity index (χ4n) is 3.23. The number of carbonyl (C=O) groups is 2. The van der Waals surface area contributed by atoms with E-state index in [0.29, 0.717) is 11.8 Å². The smallest absolute Gasteiger partial charge is 0.352 e. The Labute approximate surface area is 186 Å². The summed E-state index contributed by atoms with van der Waals surface area (Å²) in [6, 6.07) is 3.90. The van der Waals surface area contributed by atoms with Crippen LogP contribution in [0, 0.1) is 11.7 Å². The molecule has 1 fully saturated rings. The van der Waals surface area contributed by atoms with E-state index in [1.807, 2.05) is 0 Å². The Bertz CT molecular complexity index is 1010. The summed E-state index contributed by atoms with van der Waals surface area (Å²) >= 11 is 6.40.